The first kappa shape index (κ1) is 20.9. The maximum absolute atomic E-state index is 10.2. The van der Waals surface area contributed by atoms with Crippen molar-refractivity contribution < 1.29 is 0 Å². The van der Waals surface area contributed by atoms with Gasteiger partial charge in [0.2, 0.25) is 0 Å². The molecule has 2 aromatic carbocycles. The summed E-state index contributed by atoms with van der Waals surface area (Å²) in [6, 6.07) is 21.3. The molecule has 1 atom stereocenters. The van der Waals surface area contributed by atoms with Crippen molar-refractivity contribution >= 4 is 11.6 Å². The van der Waals surface area contributed by atoms with Gasteiger partial charge in [-0.15, -0.1) is 0 Å². The van der Waals surface area contributed by atoms with Gasteiger partial charge in [0.25, 0.3) is 0 Å². The molecule has 0 N–H and O–H groups in total. The molecule has 3 rings (SSSR count). The molecule has 2 aromatic rings. The van der Waals surface area contributed by atoms with Gasteiger partial charge in [0.05, 0.1) is 11.5 Å². The topological polar surface area (TPSA) is 27.0 Å². The molecule has 1 unspecified atom stereocenters. The number of nitriles is 1. The van der Waals surface area contributed by atoms with Crippen LogP contribution >= 0.6 is 11.6 Å². The average Bonchev–Trinajstić information content (AvgIpc) is 3.57. The zero-order valence-corrected chi connectivity index (χ0v) is 17.7. The number of rotatable bonds is 11. The highest BCUT2D eigenvalue weighted by Crippen LogP contribution is 2.51. The van der Waals surface area contributed by atoms with Crippen LogP contribution in [0, 0.1) is 17.2 Å². The van der Waals surface area contributed by atoms with E-state index < -0.39 is 5.41 Å². The lowest BCUT2D eigenvalue weighted by atomic mass is 9.73. The second-order valence-corrected chi connectivity index (χ2v) is 8.43. The fourth-order valence-electron chi connectivity index (χ4n) is 4.33. The Bertz CT molecular complexity index is 779. The number of benzene rings is 2. The summed E-state index contributed by atoms with van der Waals surface area (Å²) in [5.74, 6) is 0.460. The van der Waals surface area contributed by atoms with Gasteiger partial charge in [0, 0.05) is 11.6 Å². The predicted molar refractivity (Wildman–Crippen MR) is 118 cm³/mol. The van der Waals surface area contributed by atoms with Crippen LogP contribution in [0.3, 0.4) is 0 Å². The molecule has 0 amide bonds. The van der Waals surface area contributed by atoms with E-state index in [2.05, 4.69) is 54.3 Å². The lowest BCUT2D eigenvalue weighted by Gasteiger charge is -2.30. The molecule has 0 aromatic heterocycles. The smallest absolute Gasteiger partial charge is 0.0865 e. The molecule has 3 heteroatoms. The highest BCUT2D eigenvalue weighted by molar-refractivity contribution is 6.31. The molecule has 0 aliphatic heterocycles. The van der Waals surface area contributed by atoms with E-state index >= 15 is 0 Å². The van der Waals surface area contributed by atoms with Crippen LogP contribution < -0.4 is 0 Å². The Balaban J connectivity index is 1.62. The van der Waals surface area contributed by atoms with Crippen molar-refractivity contribution in [3.8, 4) is 6.07 Å². The quantitative estimate of drug-likeness (QED) is 0.450. The average molecular weight is 395 g/mol. The second kappa shape index (κ2) is 10.1. The molecule has 1 saturated carbocycles. The molecule has 1 aliphatic rings. The van der Waals surface area contributed by atoms with E-state index in [1.165, 1.54) is 5.56 Å². The van der Waals surface area contributed by atoms with Gasteiger partial charge < -0.3 is 4.90 Å². The van der Waals surface area contributed by atoms with Crippen LogP contribution in [0.25, 0.3) is 0 Å². The molecular weight excluding hydrogens is 364 g/mol. The Morgan fingerprint density at radius 3 is 2.39 bits per heavy atom. The summed E-state index contributed by atoms with van der Waals surface area (Å²) < 4.78 is 0. The van der Waals surface area contributed by atoms with Crippen LogP contribution in [0.4, 0.5) is 0 Å². The lowest BCUT2D eigenvalue weighted by Crippen LogP contribution is -2.32. The first-order chi connectivity index (χ1) is 13.7. The predicted octanol–water partition coefficient (Wildman–Crippen LogP) is 6.25. The molecule has 28 heavy (non-hydrogen) atoms. The van der Waals surface area contributed by atoms with Gasteiger partial charge in [-0.05, 0) is 74.7 Å². The number of hydrogen-bond donors (Lipinski definition) is 0. The minimum Gasteiger partial charge on any atom is -0.303 e. The lowest BCUT2D eigenvalue weighted by molar-refractivity contribution is 0.260. The Labute approximate surface area is 175 Å². The van der Waals surface area contributed by atoms with Crippen molar-refractivity contribution in [2.75, 3.05) is 19.6 Å². The molecule has 0 bridgehead atoms. The van der Waals surface area contributed by atoms with E-state index in [-0.39, 0.29) is 0 Å². The normalized spacial score (nSPS) is 15.9. The summed E-state index contributed by atoms with van der Waals surface area (Å²) in [7, 11) is 0. The van der Waals surface area contributed by atoms with Crippen molar-refractivity contribution in [2.45, 2.75) is 50.9 Å². The molecule has 148 valence electrons. The van der Waals surface area contributed by atoms with Crippen LogP contribution in [-0.2, 0) is 11.8 Å². The Morgan fingerprint density at radius 1 is 1.04 bits per heavy atom. The summed E-state index contributed by atoms with van der Waals surface area (Å²) in [6.45, 7) is 5.47. The third-order valence-electron chi connectivity index (χ3n) is 5.97. The van der Waals surface area contributed by atoms with Gasteiger partial charge in [0.15, 0.2) is 0 Å². The van der Waals surface area contributed by atoms with Crippen molar-refractivity contribution in [1.29, 1.82) is 5.26 Å². The Morgan fingerprint density at radius 2 is 1.75 bits per heavy atom. The molecule has 0 heterocycles. The number of hydrogen-bond acceptors (Lipinski definition) is 2. The van der Waals surface area contributed by atoms with Crippen LogP contribution in [0.1, 0.15) is 50.2 Å². The summed E-state index contributed by atoms with van der Waals surface area (Å²) in [5, 5.41) is 10.9. The highest BCUT2D eigenvalue weighted by Gasteiger charge is 2.47. The fraction of sp³-hybridized carbons (Fsp3) is 0.480. The largest absolute Gasteiger partial charge is 0.303 e. The zero-order chi connectivity index (χ0) is 19.8. The molecule has 2 nitrogen and oxygen atoms in total. The van der Waals surface area contributed by atoms with E-state index in [0.717, 1.165) is 68.7 Å². The maximum Gasteiger partial charge on any atom is 0.0865 e. The van der Waals surface area contributed by atoms with E-state index in [4.69, 9.17) is 11.6 Å². The van der Waals surface area contributed by atoms with E-state index in [0.29, 0.717) is 5.92 Å². The first-order valence-corrected chi connectivity index (χ1v) is 11.0. The summed E-state index contributed by atoms with van der Waals surface area (Å²) >= 11 is 6.51. The standard InChI is InChI=1S/C25H31ClN2/c1-2-17-28(19-15-21-9-4-3-5-10-21)18-8-16-25(20-27,22-13-14-22)23-11-6-7-12-24(23)26/h3-7,9-12,22H,2,8,13-19H2,1H3. The zero-order valence-electron chi connectivity index (χ0n) is 16.9. The minimum atomic E-state index is -0.421. The second-order valence-electron chi connectivity index (χ2n) is 8.02. The van der Waals surface area contributed by atoms with Gasteiger partial charge >= 0.3 is 0 Å². The molecule has 1 fully saturated rings. The summed E-state index contributed by atoms with van der Waals surface area (Å²) in [5.41, 5.74) is 2.01. The van der Waals surface area contributed by atoms with Gasteiger partial charge in [-0.25, -0.2) is 0 Å². The van der Waals surface area contributed by atoms with Gasteiger partial charge in [0.1, 0.15) is 0 Å². The number of halogens is 1. The third-order valence-corrected chi connectivity index (χ3v) is 6.30. The van der Waals surface area contributed by atoms with Crippen molar-refractivity contribution in [1.82, 2.24) is 4.90 Å². The SMILES string of the molecule is CCCN(CCCC(C#N)(c1ccccc1Cl)C1CC1)CCc1ccccc1. The van der Waals surface area contributed by atoms with Crippen LogP contribution in [0.15, 0.2) is 54.6 Å². The highest BCUT2D eigenvalue weighted by atomic mass is 35.5. The van der Waals surface area contributed by atoms with E-state index in [9.17, 15) is 5.26 Å². The molecular formula is C25H31ClN2. The van der Waals surface area contributed by atoms with Crippen molar-refractivity contribution in [3.63, 3.8) is 0 Å². The Kier molecular flexibility index (Phi) is 7.54. The molecule has 0 spiro atoms. The van der Waals surface area contributed by atoms with E-state index in [1.807, 2.05) is 18.2 Å². The molecule has 0 saturated heterocycles. The Hall–Kier alpha value is -1.82. The fourth-order valence-corrected chi connectivity index (χ4v) is 4.63. The minimum absolute atomic E-state index is 0.421. The molecule has 0 radical (unpaired) electrons. The van der Waals surface area contributed by atoms with Gasteiger partial charge in [-0.3, -0.25) is 0 Å². The summed E-state index contributed by atoms with van der Waals surface area (Å²) in [6.07, 6.45) is 6.45. The van der Waals surface area contributed by atoms with Crippen LogP contribution in [0.5, 0.6) is 0 Å². The summed E-state index contributed by atoms with van der Waals surface area (Å²) in [4.78, 5) is 2.55. The van der Waals surface area contributed by atoms with Gasteiger partial charge in [-0.2, -0.15) is 5.26 Å². The molecule has 1 aliphatic carbocycles. The third kappa shape index (κ3) is 5.16. The van der Waals surface area contributed by atoms with Crippen LogP contribution in [-0.4, -0.2) is 24.5 Å². The monoisotopic (exact) mass is 394 g/mol. The maximum atomic E-state index is 10.2. The van der Waals surface area contributed by atoms with Crippen LogP contribution in [0.2, 0.25) is 5.02 Å². The van der Waals surface area contributed by atoms with Gasteiger partial charge in [-0.1, -0.05) is 67.1 Å². The van der Waals surface area contributed by atoms with E-state index in [1.54, 1.807) is 0 Å². The van der Waals surface area contributed by atoms with Crippen molar-refractivity contribution in [3.05, 3.63) is 70.7 Å². The van der Waals surface area contributed by atoms with Crippen molar-refractivity contribution in [2.24, 2.45) is 5.92 Å². The first-order valence-electron chi connectivity index (χ1n) is 10.6. The number of nitrogens with zero attached hydrogens (tertiary/aromatic N) is 2.